The first-order valence-electron chi connectivity index (χ1n) is 5.50. The van der Waals surface area contributed by atoms with Gasteiger partial charge in [-0.3, -0.25) is 9.78 Å². The lowest BCUT2D eigenvalue weighted by Gasteiger charge is -1.93. The molecule has 1 aromatic rings. The van der Waals surface area contributed by atoms with Crippen LogP contribution >= 0.6 is 0 Å². The average molecular weight is 223 g/mol. The minimum absolute atomic E-state index is 0.00416. The third-order valence-corrected chi connectivity index (χ3v) is 2.41. The topological polar surface area (TPSA) is 30.0 Å². The van der Waals surface area contributed by atoms with Crippen molar-refractivity contribution in [2.75, 3.05) is 0 Å². The highest BCUT2D eigenvalue weighted by Crippen LogP contribution is 2.10. The number of pyridine rings is 1. The maximum atomic E-state index is 11.5. The Hall–Kier alpha value is -2.22. The molecule has 0 bridgehead atoms. The smallest absolute Gasteiger partial charge is 0.178 e. The summed E-state index contributed by atoms with van der Waals surface area (Å²) in [6.07, 6.45) is 18.3. The summed E-state index contributed by atoms with van der Waals surface area (Å²) < 4.78 is 0. The lowest BCUT2D eigenvalue weighted by molar-refractivity contribution is -0.110. The Balaban J connectivity index is 1.91. The highest BCUT2D eigenvalue weighted by molar-refractivity contribution is 6.02. The van der Waals surface area contributed by atoms with Gasteiger partial charge in [-0.15, -0.1) is 0 Å². The van der Waals surface area contributed by atoms with Crippen molar-refractivity contribution < 1.29 is 4.79 Å². The van der Waals surface area contributed by atoms with Crippen LogP contribution in [0.15, 0.2) is 67.1 Å². The third kappa shape index (κ3) is 3.68. The van der Waals surface area contributed by atoms with E-state index in [-0.39, 0.29) is 11.7 Å². The van der Waals surface area contributed by atoms with Gasteiger partial charge in [0.2, 0.25) is 0 Å². The molecular weight excluding hydrogens is 210 g/mol. The minimum atomic E-state index is -0.00416. The molecule has 0 N–H and O–H groups in total. The molecule has 2 rings (SSSR count). The summed E-state index contributed by atoms with van der Waals surface area (Å²) in [7, 11) is 0. The Kier molecular flexibility index (Phi) is 3.81. The first kappa shape index (κ1) is 11.3. The van der Waals surface area contributed by atoms with Crippen LogP contribution in [0.3, 0.4) is 0 Å². The van der Waals surface area contributed by atoms with Gasteiger partial charge in [-0.25, -0.2) is 0 Å². The van der Waals surface area contributed by atoms with Crippen molar-refractivity contribution in [3.05, 3.63) is 72.6 Å². The summed E-state index contributed by atoms with van der Waals surface area (Å²) in [6, 6.07) is 3.71. The van der Waals surface area contributed by atoms with E-state index in [1.807, 2.05) is 42.5 Å². The van der Waals surface area contributed by atoms with Crippen molar-refractivity contribution in [3.63, 3.8) is 0 Å². The van der Waals surface area contributed by atoms with E-state index in [9.17, 15) is 4.79 Å². The van der Waals surface area contributed by atoms with Crippen molar-refractivity contribution >= 4 is 11.9 Å². The van der Waals surface area contributed by atoms with Gasteiger partial charge >= 0.3 is 0 Å². The maximum Gasteiger partial charge on any atom is 0.178 e. The van der Waals surface area contributed by atoms with E-state index in [0.29, 0.717) is 0 Å². The van der Waals surface area contributed by atoms with Gasteiger partial charge in [-0.2, -0.15) is 0 Å². The quantitative estimate of drug-likeness (QED) is 0.734. The zero-order valence-electron chi connectivity index (χ0n) is 9.36. The van der Waals surface area contributed by atoms with E-state index in [4.69, 9.17) is 0 Å². The molecule has 1 heterocycles. The van der Waals surface area contributed by atoms with Crippen LogP contribution in [0.5, 0.6) is 0 Å². The largest absolute Gasteiger partial charge is 0.290 e. The predicted molar refractivity (Wildman–Crippen MR) is 69.2 cm³/mol. The Labute approximate surface area is 101 Å². The van der Waals surface area contributed by atoms with Crippen molar-refractivity contribution in [2.24, 2.45) is 5.92 Å². The number of nitrogens with zero attached hydrogens (tertiary/aromatic N) is 1. The number of hydrogen-bond donors (Lipinski definition) is 0. The van der Waals surface area contributed by atoms with E-state index in [1.165, 1.54) is 0 Å². The number of allylic oxidation sites excluding steroid dienone is 7. The zero-order chi connectivity index (χ0) is 11.9. The van der Waals surface area contributed by atoms with Gasteiger partial charge in [-0.1, -0.05) is 36.5 Å². The minimum Gasteiger partial charge on any atom is -0.290 e. The Morgan fingerprint density at radius 2 is 1.82 bits per heavy atom. The fourth-order valence-electron chi connectivity index (χ4n) is 1.49. The van der Waals surface area contributed by atoms with Crippen LogP contribution in [0, 0.1) is 5.92 Å². The number of hydrogen-bond acceptors (Lipinski definition) is 2. The molecule has 84 valence electrons. The second kappa shape index (κ2) is 5.75. The van der Waals surface area contributed by atoms with Crippen molar-refractivity contribution in [3.8, 4) is 0 Å². The van der Waals surface area contributed by atoms with Crippen LogP contribution in [0.4, 0.5) is 0 Å². The van der Waals surface area contributed by atoms with Crippen molar-refractivity contribution in [1.82, 2.24) is 4.98 Å². The summed E-state index contributed by atoms with van der Waals surface area (Å²) in [5.41, 5.74) is 0.974. The molecule has 2 heteroatoms. The van der Waals surface area contributed by atoms with Gasteiger partial charge in [0.05, 0.1) is 0 Å². The summed E-state index contributed by atoms with van der Waals surface area (Å²) in [5, 5.41) is 0. The SMILES string of the molecule is O=C(/C=C/c1ccncc1)/C=C/C1C=CC=C1. The van der Waals surface area contributed by atoms with Crippen LogP contribution in [0.1, 0.15) is 5.56 Å². The first-order valence-corrected chi connectivity index (χ1v) is 5.50. The van der Waals surface area contributed by atoms with Crippen molar-refractivity contribution in [2.45, 2.75) is 0 Å². The van der Waals surface area contributed by atoms with Gasteiger partial charge < -0.3 is 0 Å². The normalized spacial score (nSPS) is 15.3. The number of ketones is 1. The van der Waals surface area contributed by atoms with Crippen LogP contribution in [-0.2, 0) is 4.79 Å². The van der Waals surface area contributed by atoms with Gasteiger partial charge in [0.15, 0.2) is 5.78 Å². The molecule has 2 nitrogen and oxygen atoms in total. The summed E-state index contributed by atoms with van der Waals surface area (Å²) in [6.45, 7) is 0. The predicted octanol–water partition coefficient (Wildman–Crippen LogP) is 2.96. The summed E-state index contributed by atoms with van der Waals surface area (Å²) in [5.74, 6) is 0.254. The highest BCUT2D eigenvalue weighted by Gasteiger charge is 1.98. The molecular formula is C15H13NO. The van der Waals surface area contributed by atoms with E-state index in [0.717, 1.165) is 5.56 Å². The Morgan fingerprint density at radius 3 is 2.53 bits per heavy atom. The molecule has 0 aromatic carbocycles. The average Bonchev–Trinajstić information content (AvgIpc) is 2.88. The fraction of sp³-hybridized carbons (Fsp3) is 0.0667. The first-order chi connectivity index (χ1) is 8.34. The molecule has 0 spiro atoms. The van der Waals surface area contributed by atoms with Gasteiger partial charge in [0, 0.05) is 18.3 Å². The standard InChI is InChI=1S/C15H13NO/c17-15(7-5-13-3-1-2-4-13)8-6-14-9-11-16-12-10-14/h1-13H/b7-5+,8-6+. The van der Waals surface area contributed by atoms with E-state index < -0.39 is 0 Å². The lowest BCUT2D eigenvalue weighted by atomic mass is 10.1. The van der Waals surface area contributed by atoms with Crippen molar-refractivity contribution in [1.29, 1.82) is 0 Å². The molecule has 0 amide bonds. The fourth-order valence-corrected chi connectivity index (χ4v) is 1.49. The Morgan fingerprint density at radius 1 is 1.12 bits per heavy atom. The molecule has 0 aliphatic heterocycles. The molecule has 17 heavy (non-hydrogen) atoms. The molecule has 0 atom stereocenters. The molecule has 0 saturated heterocycles. The number of rotatable bonds is 4. The highest BCUT2D eigenvalue weighted by atomic mass is 16.1. The number of aromatic nitrogens is 1. The maximum absolute atomic E-state index is 11.5. The zero-order valence-corrected chi connectivity index (χ0v) is 9.36. The molecule has 0 radical (unpaired) electrons. The second-order valence-electron chi connectivity index (χ2n) is 3.72. The molecule has 1 aliphatic carbocycles. The monoisotopic (exact) mass is 223 g/mol. The van der Waals surface area contributed by atoms with E-state index in [1.54, 1.807) is 30.6 Å². The molecule has 1 aromatic heterocycles. The molecule has 0 fully saturated rings. The molecule has 0 unspecified atom stereocenters. The number of carbonyl (C=O) groups is 1. The number of carbonyl (C=O) groups excluding carboxylic acids is 1. The lowest BCUT2D eigenvalue weighted by Crippen LogP contribution is -1.88. The summed E-state index contributed by atoms with van der Waals surface area (Å²) >= 11 is 0. The second-order valence-corrected chi connectivity index (χ2v) is 3.72. The van der Waals surface area contributed by atoms with Gasteiger partial charge in [0.1, 0.15) is 0 Å². The Bertz CT molecular complexity index is 483. The van der Waals surface area contributed by atoms with Crippen LogP contribution < -0.4 is 0 Å². The van der Waals surface area contributed by atoms with Crippen LogP contribution in [0.25, 0.3) is 6.08 Å². The third-order valence-electron chi connectivity index (χ3n) is 2.41. The van der Waals surface area contributed by atoms with Crippen LogP contribution in [-0.4, -0.2) is 10.8 Å². The van der Waals surface area contributed by atoms with Gasteiger partial charge in [0.25, 0.3) is 0 Å². The summed E-state index contributed by atoms with van der Waals surface area (Å²) in [4.78, 5) is 15.4. The van der Waals surface area contributed by atoms with E-state index >= 15 is 0 Å². The van der Waals surface area contributed by atoms with Crippen LogP contribution in [0.2, 0.25) is 0 Å². The van der Waals surface area contributed by atoms with E-state index in [2.05, 4.69) is 4.98 Å². The van der Waals surface area contributed by atoms with Gasteiger partial charge in [-0.05, 0) is 29.8 Å². The molecule has 0 saturated carbocycles. The molecule has 1 aliphatic rings.